The highest BCUT2D eigenvalue weighted by atomic mass is 79.9. The summed E-state index contributed by atoms with van der Waals surface area (Å²) in [5, 5.41) is 1.18. The van der Waals surface area contributed by atoms with Crippen molar-refractivity contribution in [3.8, 4) is 0 Å². The van der Waals surface area contributed by atoms with E-state index >= 15 is 0 Å². The lowest BCUT2D eigenvalue weighted by Gasteiger charge is -2.17. The highest BCUT2D eigenvalue weighted by molar-refractivity contribution is 9.09. The van der Waals surface area contributed by atoms with Crippen molar-refractivity contribution in [3.05, 3.63) is 11.6 Å². The molecule has 0 fully saturated rings. The Morgan fingerprint density at radius 2 is 2.56 bits per heavy atom. The van der Waals surface area contributed by atoms with Gasteiger partial charge in [-0.05, 0) is 32.1 Å². The molecular formula is C8H13Br. The molecule has 0 bridgehead atoms. The van der Waals surface area contributed by atoms with E-state index in [0.29, 0.717) is 0 Å². The maximum absolute atomic E-state index is 3.50. The Morgan fingerprint density at radius 3 is 3.00 bits per heavy atom. The minimum Gasteiger partial charge on any atom is -0.0925 e. The normalized spacial score (nSPS) is 27.8. The molecule has 1 atom stereocenters. The Kier molecular flexibility index (Phi) is 2.77. The van der Waals surface area contributed by atoms with Crippen molar-refractivity contribution in [2.75, 3.05) is 5.33 Å². The summed E-state index contributed by atoms with van der Waals surface area (Å²) in [4.78, 5) is 0. The van der Waals surface area contributed by atoms with Gasteiger partial charge < -0.3 is 0 Å². The zero-order chi connectivity index (χ0) is 6.69. The van der Waals surface area contributed by atoms with Crippen molar-refractivity contribution >= 4 is 15.9 Å². The Balaban J connectivity index is 2.36. The van der Waals surface area contributed by atoms with Gasteiger partial charge in [0.15, 0.2) is 0 Å². The van der Waals surface area contributed by atoms with Crippen LogP contribution < -0.4 is 0 Å². The minimum atomic E-state index is 0.911. The average molecular weight is 189 g/mol. The van der Waals surface area contributed by atoms with E-state index in [9.17, 15) is 0 Å². The summed E-state index contributed by atoms with van der Waals surface area (Å²) in [6, 6.07) is 0. The fourth-order valence-electron chi connectivity index (χ4n) is 1.16. The summed E-state index contributed by atoms with van der Waals surface area (Å²) in [5.74, 6) is 0.911. The van der Waals surface area contributed by atoms with Crippen LogP contribution in [0.15, 0.2) is 11.6 Å². The first-order chi connectivity index (χ1) is 4.33. The fourth-order valence-corrected chi connectivity index (χ4v) is 1.75. The Hall–Kier alpha value is 0.220. The van der Waals surface area contributed by atoms with Crippen molar-refractivity contribution in [2.45, 2.75) is 26.2 Å². The summed E-state index contributed by atoms with van der Waals surface area (Å²) in [6.45, 7) is 2.23. The molecule has 1 rings (SSSR count). The third-order valence-corrected chi connectivity index (χ3v) is 2.88. The predicted octanol–water partition coefficient (Wildman–Crippen LogP) is 3.13. The molecule has 9 heavy (non-hydrogen) atoms. The van der Waals surface area contributed by atoms with Gasteiger partial charge in [-0.3, -0.25) is 0 Å². The zero-order valence-electron chi connectivity index (χ0n) is 5.86. The molecule has 0 spiro atoms. The van der Waals surface area contributed by atoms with Crippen LogP contribution in [0.2, 0.25) is 0 Å². The molecule has 0 aromatic carbocycles. The number of alkyl halides is 1. The molecule has 0 nitrogen and oxygen atoms in total. The van der Waals surface area contributed by atoms with Crippen LogP contribution in [-0.4, -0.2) is 5.33 Å². The molecule has 0 aliphatic heterocycles. The molecule has 1 aliphatic rings. The van der Waals surface area contributed by atoms with Crippen molar-refractivity contribution in [2.24, 2.45) is 5.92 Å². The Bertz CT molecular complexity index is 116. The summed E-state index contributed by atoms with van der Waals surface area (Å²) < 4.78 is 0. The van der Waals surface area contributed by atoms with E-state index in [1.54, 1.807) is 5.57 Å². The van der Waals surface area contributed by atoms with Gasteiger partial charge in [0.1, 0.15) is 0 Å². The third-order valence-electron chi connectivity index (χ3n) is 1.96. The molecule has 52 valence electrons. The van der Waals surface area contributed by atoms with Crippen LogP contribution in [0.25, 0.3) is 0 Å². The summed E-state index contributed by atoms with van der Waals surface area (Å²) in [5.41, 5.74) is 1.58. The van der Waals surface area contributed by atoms with Crippen molar-refractivity contribution in [1.29, 1.82) is 0 Å². The molecule has 0 aromatic heterocycles. The molecule has 0 N–H and O–H groups in total. The number of rotatable bonds is 1. The van der Waals surface area contributed by atoms with Gasteiger partial charge >= 0.3 is 0 Å². The maximum Gasteiger partial charge on any atom is 0.00627 e. The van der Waals surface area contributed by atoms with Gasteiger partial charge in [0.25, 0.3) is 0 Å². The second-order valence-electron chi connectivity index (χ2n) is 2.85. The molecule has 0 saturated carbocycles. The first-order valence-electron chi connectivity index (χ1n) is 3.54. The van der Waals surface area contributed by atoms with Gasteiger partial charge in [-0.25, -0.2) is 0 Å². The number of allylic oxidation sites excluding steroid dienone is 2. The molecule has 1 aliphatic carbocycles. The highest BCUT2D eigenvalue weighted by Crippen LogP contribution is 2.23. The highest BCUT2D eigenvalue weighted by Gasteiger charge is 2.09. The molecule has 0 aromatic rings. The second-order valence-corrected chi connectivity index (χ2v) is 3.49. The van der Waals surface area contributed by atoms with E-state index in [1.807, 2.05) is 0 Å². The Morgan fingerprint density at radius 1 is 1.78 bits per heavy atom. The van der Waals surface area contributed by atoms with E-state index in [1.165, 1.54) is 24.6 Å². The number of hydrogen-bond acceptors (Lipinski definition) is 0. The second kappa shape index (κ2) is 3.40. The smallest absolute Gasteiger partial charge is 0.00627 e. The van der Waals surface area contributed by atoms with E-state index in [4.69, 9.17) is 0 Å². The van der Waals surface area contributed by atoms with E-state index in [-0.39, 0.29) is 0 Å². The maximum atomic E-state index is 3.50. The van der Waals surface area contributed by atoms with Gasteiger partial charge in [0.05, 0.1) is 0 Å². The van der Waals surface area contributed by atoms with Crippen LogP contribution in [0, 0.1) is 5.92 Å². The monoisotopic (exact) mass is 188 g/mol. The topological polar surface area (TPSA) is 0 Å². The molecule has 0 radical (unpaired) electrons. The fraction of sp³-hybridized carbons (Fsp3) is 0.750. The van der Waals surface area contributed by atoms with Gasteiger partial charge in [-0.15, -0.1) is 0 Å². The molecule has 0 heterocycles. The van der Waals surface area contributed by atoms with Crippen molar-refractivity contribution < 1.29 is 0 Å². The van der Waals surface area contributed by atoms with Crippen LogP contribution in [0.3, 0.4) is 0 Å². The zero-order valence-corrected chi connectivity index (χ0v) is 7.45. The average Bonchev–Trinajstić information content (AvgIpc) is 1.90. The van der Waals surface area contributed by atoms with Crippen LogP contribution in [0.5, 0.6) is 0 Å². The van der Waals surface area contributed by atoms with Crippen LogP contribution >= 0.6 is 15.9 Å². The van der Waals surface area contributed by atoms with Gasteiger partial charge in [-0.1, -0.05) is 27.6 Å². The first-order valence-corrected chi connectivity index (χ1v) is 4.66. The summed E-state index contributed by atoms with van der Waals surface area (Å²) in [7, 11) is 0. The lowest BCUT2D eigenvalue weighted by molar-refractivity contribution is 0.525. The lowest BCUT2D eigenvalue weighted by atomic mass is 9.92. The van der Waals surface area contributed by atoms with Crippen LogP contribution in [0.1, 0.15) is 26.2 Å². The first kappa shape index (κ1) is 7.33. The molecular weight excluding hydrogens is 176 g/mol. The number of halogens is 1. The number of hydrogen-bond donors (Lipinski definition) is 0. The Labute approximate surface area is 65.5 Å². The molecule has 1 heteroatoms. The van der Waals surface area contributed by atoms with Crippen molar-refractivity contribution in [3.63, 3.8) is 0 Å². The van der Waals surface area contributed by atoms with E-state index in [0.717, 1.165) is 5.92 Å². The SMILES string of the molecule is CC1=CCC(CBr)CC1. The largest absolute Gasteiger partial charge is 0.0925 e. The molecule has 0 amide bonds. The van der Waals surface area contributed by atoms with Gasteiger partial charge in [0, 0.05) is 5.33 Å². The van der Waals surface area contributed by atoms with Gasteiger partial charge in [-0.2, -0.15) is 0 Å². The summed E-state index contributed by atoms with van der Waals surface area (Å²) in [6.07, 6.45) is 6.36. The minimum absolute atomic E-state index is 0.911. The lowest BCUT2D eigenvalue weighted by Crippen LogP contribution is -2.05. The third kappa shape index (κ3) is 2.13. The van der Waals surface area contributed by atoms with Crippen molar-refractivity contribution in [1.82, 2.24) is 0 Å². The molecule has 0 saturated heterocycles. The van der Waals surface area contributed by atoms with E-state index < -0.39 is 0 Å². The van der Waals surface area contributed by atoms with Crippen LogP contribution in [-0.2, 0) is 0 Å². The van der Waals surface area contributed by atoms with Gasteiger partial charge in [0.2, 0.25) is 0 Å². The summed E-state index contributed by atoms with van der Waals surface area (Å²) >= 11 is 3.50. The molecule has 1 unspecified atom stereocenters. The standard InChI is InChI=1S/C8H13Br/c1-7-2-4-8(6-9)5-3-7/h2,8H,3-6H2,1H3. The van der Waals surface area contributed by atoms with E-state index in [2.05, 4.69) is 28.9 Å². The predicted molar refractivity (Wildman–Crippen MR) is 44.9 cm³/mol. The quantitative estimate of drug-likeness (QED) is 0.439. The van der Waals surface area contributed by atoms with Crippen LogP contribution in [0.4, 0.5) is 0 Å².